The number of rotatable bonds is 12. The third-order valence-corrected chi connectivity index (χ3v) is 31.7. The van der Waals surface area contributed by atoms with Gasteiger partial charge >= 0.3 is 0 Å². The summed E-state index contributed by atoms with van der Waals surface area (Å²) in [5.74, 6) is 0. The Kier molecular flexibility index (Phi) is 15.7. The van der Waals surface area contributed by atoms with E-state index in [0.717, 1.165) is 39.5 Å². The molecule has 494 valence electrons. The van der Waals surface area contributed by atoms with E-state index in [1.807, 2.05) is 0 Å². The highest BCUT2D eigenvalue weighted by atomic mass is 28.3. The molecule has 0 radical (unpaired) electrons. The first-order chi connectivity index (χ1) is 49.5. The van der Waals surface area contributed by atoms with Crippen LogP contribution in [0.5, 0.6) is 0 Å². The Hall–Kier alpha value is -11.0. The highest BCUT2D eigenvalue weighted by Crippen LogP contribution is 2.50. The first-order valence-corrected chi connectivity index (χ1v) is 40.3. The average molecular weight is 1350 g/mol. The normalized spacial score (nSPS) is 13.1. The third-order valence-electron chi connectivity index (χ3n) is 22.1. The van der Waals surface area contributed by atoms with Gasteiger partial charge in [-0.2, -0.15) is 0 Å². The molecule has 3 nitrogen and oxygen atoms in total. The zero-order valence-electron chi connectivity index (χ0n) is 59.8. The number of fused-ring (bicyclic) bond motifs is 7. The molecule has 17 rings (SSSR count). The van der Waals surface area contributed by atoms with E-state index < -0.39 is 16.1 Å². The van der Waals surface area contributed by atoms with Crippen molar-refractivity contribution in [3.8, 4) is 16.8 Å². The fourth-order valence-corrected chi connectivity index (χ4v) is 26.7. The maximum Gasteiger partial charge on any atom is 0.252 e. The molecule has 0 bridgehead atoms. The highest BCUT2D eigenvalue weighted by molar-refractivity contribution is 7.20. The molecule has 1 aromatic heterocycles. The summed E-state index contributed by atoms with van der Waals surface area (Å²) in [6.45, 7) is 20.9. The molecule has 0 fully saturated rings. The van der Waals surface area contributed by atoms with E-state index in [9.17, 15) is 0 Å². The Balaban J connectivity index is 1.06. The lowest BCUT2D eigenvalue weighted by Gasteiger charge is -2.46. The lowest BCUT2D eigenvalue weighted by Crippen LogP contribution is -2.75. The van der Waals surface area contributed by atoms with Gasteiger partial charge in [0, 0.05) is 50.5 Å². The lowest BCUT2D eigenvalue weighted by atomic mass is 9.33. The highest BCUT2D eigenvalue weighted by Gasteiger charge is 2.49. The summed E-state index contributed by atoms with van der Waals surface area (Å²) in [6.07, 6.45) is 0. The molecule has 3 heterocycles. The zero-order chi connectivity index (χ0) is 69.7. The van der Waals surface area contributed by atoms with Gasteiger partial charge in [-0.1, -0.05) is 347 Å². The maximum absolute atomic E-state index is 3.12. The number of aromatic nitrogens is 1. The van der Waals surface area contributed by atoms with E-state index in [-0.39, 0.29) is 23.0 Å². The molecule has 0 saturated carbocycles. The van der Waals surface area contributed by atoms with Gasteiger partial charge in [0.25, 0.3) is 6.71 Å². The first-order valence-electron chi connectivity index (χ1n) is 36.3. The molecule has 15 aromatic rings. The van der Waals surface area contributed by atoms with Gasteiger partial charge in [-0.3, -0.25) is 0 Å². The van der Waals surface area contributed by atoms with Crippen LogP contribution in [0.2, 0.25) is 0 Å². The van der Waals surface area contributed by atoms with E-state index in [1.165, 1.54) is 108 Å². The number of hydrogen-bond donors (Lipinski definition) is 0. The Labute approximate surface area is 604 Å². The topological polar surface area (TPSA) is 11.4 Å². The van der Waals surface area contributed by atoms with Gasteiger partial charge < -0.3 is 14.4 Å². The van der Waals surface area contributed by atoms with Crippen molar-refractivity contribution in [3.63, 3.8) is 0 Å². The second kappa shape index (κ2) is 24.9. The van der Waals surface area contributed by atoms with Crippen LogP contribution in [0.15, 0.2) is 346 Å². The predicted molar refractivity (Wildman–Crippen MR) is 444 cm³/mol. The molecule has 0 spiro atoms. The smallest absolute Gasteiger partial charge is 0.252 e. The van der Waals surface area contributed by atoms with Gasteiger partial charge in [-0.15, -0.1) is 0 Å². The SMILES string of the molecule is CC(C)(C)c1ccc(-c2cc(C(C)(C)C)cc3c2N(c2cccc([Si](c4ccccc4)(c4ccccc4)c4ccccc4)c2)c2cc(-n4c5ccccc5c5ccccc54)cc4c2B3c2ccc([Si](c3ccccc3)(c3ccccc3)c3ccccc3)cc2N4c2ccc(C(C)(C)C)cc2)cc1. The van der Waals surface area contributed by atoms with Crippen molar-refractivity contribution < 1.29 is 0 Å². The van der Waals surface area contributed by atoms with Crippen molar-refractivity contribution in [3.05, 3.63) is 362 Å². The molecule has 0 N–H and O–H groups in total. The van der Waals surface area contributed by atoms with Gasteiger partial charge in [0.1, 0.15) is 0 Å². The quantitative estimate of drug-likeness (QED) is 0.0892. The van der Waals surface area contributed by atoms with Crippen molar-refractivity contribution in [2.24, 2.45) is 0 Å². The van der Waals surface area contributed by atoms with Gasteiger partial charge in [-0.05, 0) is 157 Å². The van der Waals surface area contributed by atoms with Gasteiger partial charge in [0.05, 0.1) is 16.7 Å². The summed E-state index contributed by atoms with van der Waals surface area (Å²) in [6, 6.07) is 134. The first kappa shape index (κ1) is 64.4. The maximum atomic E-state index is 2.73. The van der Waals surface area contributed by atoms with E-state index in [2.05, 4.69) is 422 Å². The van der Waals surface area contributed by atoms with E-state index >= 15 is 0 Å². The Bertz CT molecular complexity index is 5370. The van der Waals surface area contributed by atoms with Crippen LogP contribution in [0.4, 0.5) is 34.1 Å². The molecule has 0 atom stereocenters. The summed E-state index contributed by atoms with van der Waals surface area (Å²) < 4.78 is 2.55. The van der Waals surface area contributed by atoms with Crippen molar-refractivity contribution >= 4 is 137 Å². The van der Waals surface area contributed by atoms with Gasteiger partial charge in [0.15, 0.2) is 16.1 Å². The summed E-state index contributed by atoms with van der Waals surface area (Å²) >= 11 is 0. The van der Waals surface area contributed by atoms with Crippen LogP contribution >= 0.6 is 0 Å². The standard InChI is InChI=1S/C96H84BN3Si2/c1-94(2,3)68-53-51-67(52-54-68)84-61-70(96(7,8)9)62-86-93(84)100(72-33-32-46-80(63-72)101(74-34-16-10-17-35-74,75-36-18-11-19-37-75)76-38-20-12-21-39-76)91-65-73(99-87-49-30-28-47-82(87)83-48-29-31-50-88(83)99)64-90-92(91)97(86)85-60-59-81(66-89(85)98(90)71-57-55-69(56-58-71)95(4,5)6)102(77-40-22-13-23-41-77,78-42-24-14-25-43-78)79-44-26-15-27-45-79/h10-66H,1-9H3. The number of benzene rings is 14. The minimum absolute atomic E-state index is 0.0472. The fourth-order valence-electron chi connectivity index (χ4n) is 17.1. The predicted octanol–water partition coefficient (Wildman–Crippen LogP) is 17.2. The van der Waals surface area contributed by atoms with Crippen LogP contribution in [-0.2, 0) is 16.2 Å². The van der Waals surface area contributed by atoms with Crippen LogP contribution in [0.1, 0.15) is 79.0 Å². The van der Waals surface area contributed by atoms with Crippen LogP contribution in [0, 0.1) is 0 Å². The van der Waals surface area contributed by atoms with Gasteiger partial charge in [-0.25, -0.2) is 0 Å². The lowest BCUT2D eigenvalue weighted by molar-refractivity contribution is 0.590. The second-order valence-corrected chi connectivity index (χ2v) is 38.8. The molecule has 0 saturated heterocycles. The van der Waals surface area contributed by atoms with Crippen LogP contribution in [-0.4, -0.2) is 27.4 Å². The van der Waals surface area contributed by atoms with Gasteiger partial charge in [0.2, 0.25) is 0 Å². The monoisotopic (exact) mass is 1350 g/mol. The number of hydrogen-bond acceptors (Lipinski definition) is 2. The fraction of sp³-hybridized carbons (Fsp3) is 0.125. The molecule has 0 unspecified atom stereocenters. The zero-order valence-corrected chi connectivity index (χ0v) is 61.8. The molecule has 102 heavy (non-hydrogen) atoms. The number of nitrogens with zero attached hydrogens (tertiary/aromatic N) is 3. The molecule has 0 amide bonds. The van der Waals surface area contributed by atoms with Crippen molar-refractivity contribution in [1.82, 2.24) is 4.57 Å². The van der Waals surface area contributed by atoms with E-state index in [4.69, 9.17) is 0 Å². The Morgan fingerprint density at radius 2 is 0.657 bits per heavy atom. The second-order valence-electron chi connectivity index (χ2n) is 31.2. The number of para-hydroxylation sites is 2. The van der Waals surface area contributed by atoms with Crippen LogP contribution < -0.4 is 67.7 Å². The summed E-state index contributed by atoms with van der Waals surface area (Å²) in [7, 11) is -6.22. The largest absolute Gasteiger partial charge is 0.311 e. The van der Waals surface area contributed by atoms with E-state index in [0.29, 0.717) is 0 Å². The van der Waals surface area contributed by atoms with Crippen molar-refractivity contribution in [2.45, 2.75) is 78.6 Å². The molecule has 14 aromatic carbocycles. The van der Waals surface area contributed by atoms with E-state index in [1.54, 1.807) is 0 Å². The Morgan fingerprint density at radius 1 is 0.265 bits per heavy atom. The minimum atomic E-state index is -3.12. The molecule has 2 aliphatic rings. The summed E-state index contributed by atoms with van der Waals surface area (Å²) in [5.41, 5.74) is 20.1. The third kappa shape index (κ3) is 10.5. The Morgan fingerprint density at radius 3 is 1.10 bits per heavy atom. The molecular weight excluding hydrogens is 1260 g/mol. The average Bonchev–Trinajstić information content (AvgIpc) is 0.767. The molecular formula is C96H84BN3Si2. The number of anilines is 6. The van der Waals surface area contributed by atoms with Crippen molar-refractivity contribution in [2.75, 3.05) is 9.80 Å². The van der Waals surface area contributed by atoms with Crippen molar-refractivity contribution in [1.29, 1.82) is 0 Å². The van der Waals surface area contributed by atoms with Crippen LogP contribution in [0.25, 0.3) is 38.6 Å². The molecule has 0 aliphatic carbocycles. The molecule has 6 heteroatoms. The molecule has 2 aliphatic heterocycles. The minimum Gasteiger partial charge on any atom is -0.311 e. The van der Waals surface area contributed by atoms with Crippen LogP contribution in [0.3, 0.4) is 0 Å². The summed E-state index contributed by atoms with van der Waals surface area (Å²) in [5, 5.41) is 13.1. The summed E-state index contributed by atoms with van der Waals surface area (Å²) in [4.78, 5) is 5.40.